The van der Waals surface area contributed by atoms with Gasteiger partial charge in [0, 0.05) is 23.3 Å². The Balaban J connectivity index is 1.54. The Morgan fingerprint density at radius 2 is 2.00 bits per heavy atom. The number of benzene rings is 2. The number of fused-ring (bicyclic) bond motifs is 2. The van der Waals surface area contributed by atoms with Crippen LogP contribution in [0.1, 0.15) is 0 Å². The van der Waals surface area contributed by atoms with Crippen molar-refractivity contribution in [3.05, 3.63) is 59.0 Å². The molecule has 26 heavy (non-hydrogen) atoms. The topological polar surface area (TPSA) is 78.8 Å². The van der Waals surface area contributed by atoms with Crippen molar-refractivity contribution in [2.45, 2.75) is 6.54 Å². The summed E-state index contributed by atoms with van der Waals surface area (Å²) in [5.74, 6) is 1.60. The first kappa shape index (κ1) is 16.0. The average molecular weight is 352 g/mol. The van der Waals surface area contributed by atoms with Crippen LogP contribution in [0.4, 0.5) is 5.69 Å². The monoisotopic (exact) mass is 352 g/mol. The van der Waals surface area contributed by atoms with Gasteiger partial charge in [-0.25, -0.2) is 0 Å². The third-order valence-corrected chi connectivity index (χ3v) is 4.15. The van der Waals surface area contributed by atoms with Crippen LogP contribution in [0, 0.1) is 0 Å². The molecule has 0 fully saturated rings. The molecule has 0 saturated carbocycles. The van der Waals surface area contributed by atoms with Crippen LogP contribution in [0.5, 0.6) is 17.2 Å². The van der Waals surface area contributed by atoms with Gasteiger partial charge in [-0.3, -0.25) is 9.59 Å². The van der Waals surface area contributed by atoms with Crippen LogP contribution in [0.15, 0.2) is 53.5 Å². The number of hydrogen-bond donors (Lipinski definition) is 1. The molecule has 0 saturated heterocycles. The minimum absolute atomic E-state index is 0.0881. The van der Waals surface area contributed by atoms with Gasteiger partial charge in [0.15, 0.2) is 11.5 Å². The molecule has 1 aliphatic rings. The Kier molecular flexibility index (Phi) is 3.96. The number of aromatic nitrogens is 1. The molecule has 2 heterocycles. The number of ether oxygens (including phenoxy) is 3. The number of rotatable bonds is 4. The van der Waals surface area contributed by atoms with Crippen molar-refractivity contribution in [2.24, 2.45) is 0 Å². The summed E-state index contributed by atoms with van der Waals surface area (Å²) in [6.07, 6.45) is 1.60. The fourth-order valence-electron chi connectivity index (χ4n) is 2.85. The van der Waals surface area contributed by atoms with E-state index in [0.717, 1.165) is 5.39 Å². The van der Waals surface area contributed by atoms with Crippen molar-refractivity contribution in [2.75, 3.05) is 19.2 Å². The predicted molar refractivity (Wildman–Crippen MR) is 96.0 cm³/mol. The standard InChI is InChI=1S/C19H16N2O5/c1-24-14-3-4-15-12(8-14)6-7-21(19(15)23)10-18(22)20-13-2-5-16-17(9-13)26-11-25-16/h2-9H,10-11H2,1H3,(H,20,22). The predicted octanol–water partition coefficient (Wildman–Crippen LogP) is 2.38. The van der Waals surface area contributed by atoms with Crippen molar-refractivity contribution in [1.82, 2.24) is 4.57 Å². The highest BCUT2D eigenvalue weighted by Gasteiger charge is 2.14. The quantitative estimate of drug-likeness (QED) is 0.780. The van der Waals surface area contributed by atoms with E-state index in [1.807, 2.05) is 0 Å². The maximum atomic E-state index is 12.6. The van der Waals surface area contributed by atoms with E-state index >= 15 is 0 Å². The van der Waals surface area contributed by atoms with Crippen molar-refractivity contribution < 1.29 is 19.0 Å². The lowest BCUT2D eigenvalue weighted by Gasteiger charge is -2.09. The number of pyridine rings is 1. The fourth-order valence-corrected chi connectivity index (χ4v) is 2.85. The normalized spacial score (nSPS) is 12.2. The Morgan fingerprint density at radius 3 is 2.85 bits per heavy atom. The second-order valence-electron chi connectivity index (χ2n) is 5.82. The molecular weight excluding hydrogens is 336 g/mol. The number of amides is 1. The first-order valence-electron chi connectivity index (χ1n) is 8.01. The Hall–Kier alpha value is -3.48. The third-order valence-electron chi connectivity index (χ3n) is 4.15. The van der Waals surface area contributed by atoms with Gasteiger partial charge in [0.1, 0.15) is 12.3 Å². The molecule has 0 spiro atoms. The van der Waals surface area contributed by atoms with Crippen molar-refractivity contribution >= 4 is 22.4 Å². The van der Waals surface area contributed by atoms with Crippen LogP contribution < -0.4 is 25.1 Å². The molecule has 3 aromatic rings. The first-order chi connectivity index (χ1) is 12.6. The molecule has 0 bridgehead atoms. The minimum Gasteiger partial charge on any atom is -0.497 e. The van der Waals surface area contributed by atoms with E-state index in [1.54, 1.807) is 55.8 Å². The summed E-state index contributed by atoms with van der Waals surface area (Å²) in [7, 11) is 1.57. The Labute approximate surface area is 148 Å². The van der Waals surface area contributed by atoms with E-state index in [4.69, 9.17) is 14.2 Å². The van der Waals surface area contributed by atoms with Crippen LogP contribution in [-0.2, 0) is 11.3 Å². The average Bonchev–Trinajstić information content (AvgIpc) is 3.11. The van der Waals surface area contributed by atoms with Gasteiger partial charge in [0.05, 0.1) is 7.11 Å². The van der Waals surface area contributed by atoms with Gasteiger partial charge in [-0.1, -0.05) is 0 Å². The van der Waals surface area contributed by atoms with Crippen molar-refractivity contribution in [1.29, 1.82) is 0 Å². The molecule has 1 aromatic heterocycles. The number of hydrogen-bond acceptors (Lipinski definition) is 5. The molecule has 1 N–H and O–H groups in total. The smallest absolute Gasteiger partial charge is 0.258 e. The van der Waals surface area contributed by atoms with Gasteiger partial charge >= 0.3 is 0 Å². The maximum absolute atomic E-state index is 12.6. The fraction of sp³-hybridized carbons (Fsp3) is 0.158. The van der Waals surface area contributed by atoms with Gasteiger partial charge < -0.3 is 24.1 Å². The molecule has 0 atom stereocenters. The molecule has 0 aliphatic carbocycles. The van der Waals surface area contributed by atoms with Gasteiger partial charge in [0.25, 0.3) is 5.56 Å². The van der Waals surface area contributed by atoms with E-state index in [1.165, 1.54) is 4.57 Å². The van der Waals surface area contributed by atoms with Gasteiger partial charge in [-0.05, 0) is 41.8 Å². The van der Waals surface area contributed by atoms with Crippen LogP contribution in [0.2, 0.25) is 0 Å². The summed E-state index contributed by atoms with van der Waals surface area (Å²) in [6, 6.07) is 12.1. The lowest BCUT2D eigenvalue weighted by molar-refractivity contribution is -0.116. The van der Waals surface area contributed by atoms with Crippen LogP contribution in [0.25, 0.3) is 10.8 Å². The lowest BCUT2D eigenvalue weighted by Crippen LogP contribution is -2.27. The van der Waals surface area contributed by atoms with Gasteiger partial charge in [0.2, 0.25) is 12.7 Å². The van der Waals surface area contributed by atoms with Crippen LogP contribution in [-0.4, -0.2) is 24.4 Å². The van der Waals surface area contributed by atoms with Crippen LogP contribution in [0.3, 0.4) is 0 Å². The number of carbonyl (C=O) groups excluding carboxylic acids is 1. The number of nitrogens with zero attached hydrogens (tertiary/aromatic N) is 1. The van der Waals surface area contributed by atoms with E-state index < -0.39 is 0 Å². The molecule has 0 radical (unpaired) electrons. The van der Waals surface area contributed by atoms with Gasteiger partial charge in [-0.15, -0.1) is 0 Å². The van der Waals surface area contributed by atoms with Gasteiger partial charge in [-0.2, -0.15) is 0 Å². The molecule has 132 valence electrons. The highest BCUT2D eigenvalue weighted by atomic mass is 16.7. The first-order valence-corrected chi connectivity index (χ1v) is 8.01. The summed E-state index contributed by atoms with van der Waals surface area (Å²) >= 11 is 0. The highest BCUT2D eigenvalue weighted by molar-refractivity contribution is 5.91. The lowest BCUT2D eigenvalue weighted by atomic mass is 10.1. The van der Waals surface area contributed by atoms with Crippen molar-refractivity contribution in [3.8, 4) is 17.2 Å². The second-order valence-corrected chi connectivity index (χ2v) is 5.82. The molecule has 1 amide bonds. The summed E-state index contributed by atoms with van der Waals surface area (Å²) in [6.45, 7) is 0.0826. The largest absolute Gasteiger partial charge is 0.497 e. The number of anilines is 1. The zero-order valence-electron chi connectivity index (χ0n) is 14.0. The zero-order valence-corrected chi connectivity index (χ0v) is 14.0. The highest BCUT2D eigenvalue weighted by Crippen LogP contribution is 2.34. The Bertz CT molecular complexity index is 1060. The van der Waals surface area contributed by atoms with E-state index in [-0.39, 0.29) is 24.8 Å². The second kappa shape index (κ2) is 6.44. The summed E-state index contributed by atoms with van der Waals surface area (Å²) in [5, 5.41) is 4.06. The summed E-state index contributed by atoms with van der Waals surface area (Å²) in [5.41, 5.74) is 0.351. The molecule has 7 nitrogen and oxygen atoms in total. The summed E-state index contributed by atoms with van der Waals surface area (Å²) in [4.78, 5) is 24.9. The molecular formula is C19H16N2O5. The third kappa shape index (κ3) is 2.95. The number of nitrogens with one attached hydrogen (secondary N) is 1. The molecule has 0 unspecified atom stereocenters. The van der Waals surface area contributed by atoms with Crippen LogP contribution >= 0.6 is 0 Å². The molecule has 4 rings (SSSR count). The zero-order chi connectivity index (χ0) is 18.1. The minimum atomic E-state index is -0.307. The Morgan fingerprint density at radius 1 is 1.15 bits per heavy atom. The number of methoxy groups -OCH3 is 1. The van der Waals surface area contributed by atoms with Crippen molar-refractivity contribution in [3.63, 3.8) is 0 Å². The van der Waals surface area contributed by atoms with E-state index in [0.29, 0.717) is 28.3 Å². The molecule has 1 aliphatic heterocycles. The SMILES string of the molecule is COc1ccc2c(=O)n(CC(=O)Nc3ccc4c(c3)OCO4)ccc2c1. The van der Waals surface area contributed by atoms with E-state index in [2.05, 4.69) is 5.32 Å². The van der Waals surface area contributed by atoms with E-state index in [9.17, 15) is 9.59 Å². The number of carbonyl (C=O) groups is 1. The molecule has 2 aromatic carbocycles. The maximum Gasteiger partial charge on any atom is 0.258 e. The summed E-state index contributed by atoms with van der Waals surface area (Å²) < 4.78 is 17.1. The molecule has 7 heteroatoms.